The maximum Gasteiger partial charge on any atom is 0.142 e. The number of ether oxygens (including phenoxy) is 1. The van der Waals surface area contributed by atoms with Crippen molar-refractivity contribution in [3.63, 3.8) is 0 Å². The van der Waals surface area contributed by atoms with E-state index >= 15 is 0 Å². The minimum Gasteiger partial charge on any atom is -0.491 e. The molecule has 2 rings (SSSR count). The zero-order valence-corrected chi connectivity index (χ0v) is 11.6. The van der Waals surface area contributed by atoms with Crippen LogP contribution in [-0.4, -0.2) is 32.8 Å². The highest BCUT2D eigenvalue weighted by atomic mass is 19.1. The number of nitrogens with zero attached hydrogens (tertiary/aromatic N) is 1. The molecule has 1 aliphatic rings. The van der Waals surface area contributed by atoms with Gasteiger partial charge in [-0.2, -0.15) is 0 Å². The summed E-state index contributed by atoms with van der Waals surface area (Å²) in [5, 5.41) is 3.30. The predicted octanol–water partition coefficient (Wildman–Crippen LogP) is 2.80. The van der Waals surface area contributed by atoms with E-state index in [-0.39, 0.29) is 5.82 Å². The fourth-order valence-electron chi connectivity index (χ4n) is 2.30. The standard InChI is InChI=1S/C15H23FN2O/c1-2-3-4-11-19-15-6-5-13(16)12-14(15)18-9-7-17-8-10-18/h5-6,12,17H,2-4,7-11H2,1H3. The highest BCUT2D eigenvalue weighted by molar-refractivity contribution is 5.59. The Bertz CT molecular complexity index is 392. The fraction of sp³-hybridized carbons (Fsp3) is 0.600. The Kier molecular flexibility index (Phi) is 5.45. The SMILES string of the molecule is CCCCCOc1ccc(F)cc1N1CCNCC1. The Labute approximate surface area is 114 Å². The largest absolute Gasteiger partial charge is 0.491 e. The van der Waals surface area contributed by atoms with E-state index in [1.807, 2.05) is 0 Å². The fourth-order valence-corrected chi connectivity index (χ4v) is 2.30. The van der Waals surface area contributed by atoms with E-state index in [2.05, 4.69) is 17.1 Å². The third-order valence-electron chi connectivity index (χ3n) is 3.38. The van der Waals surface area contributed by atoms with Gasteiger partial charge in [0, 0.05) is 32.2 Å². The number of nitrogens with one attached hydrogen (secondary N) is 1. The van der Waals surface area contributed by atoms with Crippen LogP contribution in [0, 0.1) is 5.82 Å². The van der Waals surface area contributed by atoms with Crippen LogP contribution >= 0.6 is 0 Å². The summed E-state index contributed by atoms with van der Waals surface area (Å²) in [6, 6.07) is 4.81. The first kappa shape index (κ1) is 14.1. The van der Waals surface area contributed by atoms with Crippen molar-refractivity contribution in [2.45, 2.75) is 26.2 Å². The lowest BCUT2D eigenvalue weighted by atomic mass is 10.2. The molecule has 4 heteroatoms. The number of piperazine rings is 1. The molecule has 0 bridgehead atoms. The first-order valence-corrected chi connectivity index (χ1v) is 7.19. The number of rotatable bonds is 6. The molecule has 1 heterocycles. The zero-order chi connectivity index (χ0) is 13.5. The molecule has 0 aromatic heterocycles. The second-order valence-corrected chi connectivity index (χ2v) is 4.90. The maximum absolute atomic E-state index is 13.4. The van der Waals surface area contributed by atoms with Crippen LogP contribution in [0.1, 0.15) is 26.2 Å². The van der Waals surface area contributed by atoms with Crippen molar-refractivity contribution in [3.05, 3.63) is 24.0 Å². The molecule has 0 spiro atoms. The van der Waals surface area contributed by atoms with E-state index in [1.54, 1.807) is 12.1 Å². The van der Waals surface area contributed by atoms with Crippen LogP contribution in [0.5, 0.6) is 5.75 Å². The van der Waals surface area contributed by atoms with E-state index in [0.29, 0.717) is 6.61 Å². The average Bonchev–Trinajstić information content (AvgIpc) is 2.46. The van der Waals surface area contributed by atoms with Gasteiger partial charge in [-0.25, -0.2) is 4.39 Å². The summed E-state index contributed by atoms with van der Waals surface area (Å²) >= 11 is 0. The van der Waals surface area contributed by atoms with Crippen molar-refractivity contribution >= 4 is 5.69 Å². The summed E-state index contributed by atoms with van der Waals surface area (Å²) in [4.78, 5) is 2.19. The molecule has 19 heavy (non-hydrogen) atoms. The Balaban J connectivity index is 2.03. The van der Waals surface area contributed by atoms with Crippen molar-refractivity contribution in [1.29, 1.82) is 0 Å². The van der Waals surface area contributed by atoms with Gasteiger partial charge >= 0.3 is 0 Å². The Morgan fingerprint density at radius 1 is 1.26 bits per heavy atom. The molecule has 0 saturated carbocycles. The molecule has 1 saturated heterocycles. The number of hydrogen-bond donors (Lipinski definition) is 1. The smallest absolute Gasteiger partial charge is 0.142 e. The third-order valence-corrected chi connectivity index (χ3v) is 3.38. The Morgan fingerprint density at radius 2 is 2.05 bits per heavy atom. The molecule has 3 nitrogen and oxygen atoms in total. The number of unbranched alkanes of at least 4 members (excludes halogenated alkanes) is 2. The van der Waals surface area contributed by atoms with Crippen LogP contribution in [0.15, 0.2) is 18.2 Å². The molecule has 1 aliphatic heterocycles. The van der Waals surface area contributed by atoms with Crippen LogP contribution in [0.3, 0.4) is 0 Å². The van der Waals surface area contributed by atoms with Crippen molar-refractivity contribution in [3.8, 4) is 5.75 Å². The maximum atomic E-state index is 13.4. The molecule has 1 aromatic carbocycles. The van der Waals surface area contributed by atoms with Gasteiger partial charge in [-0.1, -0.05) is 19.8 Å². The number of hydrogen-bond acceptors (Lipinski definition) is 3. The van der Waals surface area contributed by atoms with Gasteiger partial charge in [0.25, 0.3) is 0 Å². The zero-order valence-electron chi connectivity index (χ0n) is 11.6. The minimum atomic E-state index is -0.200. The summed E-state index contributed by atoms with van der Waals surface area (Å²) in [7, 11) is 0. The summed E-state index contributed by atoms with van der Waals surface area (Å²) in [5.41, 5.74) is 0.887. The van der Waals surface area contributed by atoms with Crippen molar-refractivity contribution in [1.82, 2.24) is 5.32 Å². The van der Waals surface area contributed by atoms with Gasteiger partial charge < -0.3 is 15.0 Å². The van der Waals surface area contributed by atoms with Gasteiger partial charge in [0.1, 0.15) is 11.6 Å². The summed E-state index contributed by atoms with van der Waals surface area (Å²) in [6.45, 7) is 6.55. The molecule has 0 aliphatic carbocycles. The van der Waals surface area contributed by atoms with Gasteiger partial charge in [-0.3, -0.25) is 0 Å². The van der Waals surface area contributed by atoms with E-state index in [0.717, 1.165) is 44.0 Å². The third kappa shape index (κ3) is 4.10. The van der Waals surface area contributed by atoms with Gasteiger partial charge in [-0.05, 0) is 18.6 Å². The normalized spacial score (nSPS) is 15.6. The monoisotopic (exact) mass is 266 g/mol. The van der Waals surface area contributed by atoms with E-state index in [1.165, 1.54) is 18.9 Å². The topological polar surface area (TPSA) is 24.5 Å². The molecular formula is C15H23FN2O. The molecule has 1 N–H and O–H groups in total. The van der Waals surface area contributed by atoms with Gasteiger partial charge in [0.2, 0.25) is 0 Å². The van der Waals surface area contributed by atoms with Gasteiger partial charge in [0.05, 0.1) is 12.3 Å². The minimum absolute atomic E-state index is 0.200. The lowest BCUT2D eigenvalue weighted by molar-refractivity contribution is 0.305. The molecular weight excluding hydrogens is 243 g/mol. The molecule has 0 atom stereocenters. The first-order valence-electron chi connectivity index (χ1n) is 7.19. The molecule has 0 unspecified atom stereocenters. The first-order chi connectivity index (χ1) is 9.31. The van der Waals surface area contributed by atoms with Crippen LogP contribution in [0.25, 0.3) is 0 Å². The van der Waals surface area contributed by atoms with Crippen molar-refractivity contribution < 1.29 is 9.13 Å². The molecule has 1 fully saturated rings. The number of halogens is 1. The van der Waals surface area contributed by atoms with Crippen LogP contribution in [-0.2, 0) is 0 Å². The lowest BCUT2D eigenvalue weighted by Crippen LogP contribution is -2.43. The van der Waals surface area contributed by atoms with E-state index in [9.17, 15) is 4.39 Å². The molecule has 0 radical (unpaired) electrons. The van der Waals surface area contributed by atoms with Crippen molar-refractivity contribution in [2.24, 2.45) is 0 Å². The summed E-state index contributed by atoms with van der Waals surface area (Å²) in [6.07, 6.45) is 3.40. The molecule has 1 aromatic rings. The predicted molar refractivity (Wildman–Crippen MR) is 76.5 cm³/mol. The molecule has 106 valence electrons. The second kappa shape index (κ2) is 7.34. The van der Waals surface area contributed by atoms with E-state index < -0.39 is 0 Å². The van der Waals surface area contributed by atoms with Gasteiger partial charge in [0.15, 0.2) is 0 Å². The summed E-state index contributed by atoms with van der Waals surface area (Å²) in [5.74, 6) is 0.605. The highest BCUT2D eigenvalue weighted by Crippen LogP contribution is 2.29. The average molecular weight is 266 g/mol. The second-order valence-electron chi connectivity index (χ2n) is 4.90. The van der Waals surface area contributed by atoms with Crippen LogP contribution in [0.4, 0.5) is 10.1 Å². The Hall–Kier alpha value is -1.29. The number of anilines is 1. The quantitative estimate of drug-likeness (QED) is 0.801. The van der Waals surface area contributed by atoms with Crippen LogP contribution in [0.2, 0.25) is 0 Å². The number of benzene rings is 1. The van der Waals surface area contributed by atoms with Gasteiger partial charge in [-0.15, -0.1) is 0 Å². The van der Waals surface area contributed by atoms with E-state index in [4.69, 9.17) is 4.74 Å². The van der Waals surface area contributed by atoms with Crippen molar-refractivity contribution in [2.75, 3.05) is 37.7 Å². The highest BCUT2D eigenvalue weighted by Gasteiger charge is 2.15. The lowest BCUT2D eigenvalue weighted by Gasteiger charge is -2.30. The van der Waals surface area contributed by atoms with Crippen LogP contribution < -0.4 is 15.0 Å². The summed E-state index contributed by atoms with van der Waals surface area (Å²) < 4.78 is 19.3. The Morgan fingerprint density at radius 3 is 2.79 bits per heavy atom. The molecule has 0 amide bonds.